The number of nitrogens with zero attached hydrogens (tertiary/aromatic N) is 1. The van der Waals surface area contributed by atoms with Gasteiger partial charge in [-0.25, -0.2) is 4.79 Å². The van der Waals surface area contributed by atoms with E-state index < -0.39 is 24.1 Å². The van der Waals surface area contributed by atoms with Crippen LogP contribution in [-0.2, 0) is 19.1 Å². The fourth-order valence-corrected chi connectivity index (χ4v) is 1.98. The molecule has 7 nitrogen and oxygen atoms in total. The third kappa shape index (κ3) is 4.20. The second kappa shape index (κ2) is 7.08. The van der Waals surface area contributed by atoms with Crippen LogP contribution in [-0.4, -0.2) is 59.6 Å². The molecule has 0 aromatic rings. The first-order valence-electron chi connectivity index (χ1n) is 6.43. The summed E-state index contributed by atoms with van der Waals surface area (Å²) in [7, 11) is 0. The van der Waals surface area contributed by atoms with Gasteiger partial charge in [0.05, 0.1) is 6.54 Å². The minimum atomic E-state index is -1.06. The Hall–Kier alpha value is -1.63. The van der Waals surface area contributed by atoms with Gasteiger partial charge < -0.3 is 20.1 Å². The minimum Gasteiger partial charge on any atom is -0.479 e. The highest BCUT2D eigenvalue weighted by Gasteiger charge is 2.34. The molecule has 1 aliphatic rings. The highest BCUT2D eigenvalue weighted by Crippen LogP contribution is 2.19. The summed E-state index contributed by atoms with van der Waals surface area (Å²) < 4.78 is 5.09. The van der Waals surface area contributed by atoms with Gasteiger partial charge >= 0.3 is 5.97 Å². The molecule has 2 atom stereocenters. The molecule has 1 fully saturated rings. The van der Waals surface area contributed by atoms with E-state index in [1.807, 2.05) is 13.8 Å². The maximum atomic E-state index is 11.7. The summed E-state index contributed by atoms with van der Waals surface area (Å²) in [6.45, 7) is 4.82. The van der Waals surface area contributed by atoms with Gasteiger partial charge in [0.2, 0.25) is 11.8 Å². The van der Waals surface area contributed by atoms with Crippen LogP contribution < -0.4 is 5.32 Å². The first-order valence-corrected chi connectivity index (χ1v) is 6.43. The van der Waals surface area contributed by atoms with Crippen molar-refractivity contribution in [1.82, 2.24) is 10.2 Å². The van der Waals surface area contributed by atoms with Gasteiger partial charge in [0.15, 0.2) is 6.10 Å². The number of likely N-dealkylation sites (N-methyl/N-ethyl adjacent to an activating group) is 1. The van der Waals surface area contributed by atoms with Crippen LogP contribution in [0.4, 0.5) is 0 Å². The zero-order valence-electron chi connectivity index (χ0n) is 11.2. The van der Waals surface area contributed by atoms with Crippen LogP contribution >= 0.6 is 0 Å². The Balaban J connectivity index is 2.36. The van der Waals surface area contributed by atoms with E-state index in [4.69, 9.17) is 9.84 Å². The van der Waals surface area contributed by atoms with Crippen molar-refractivity contribution in [2.45, 2.75) is 38.9 Å². The molecule has 1 heterocycles. The van der Waals surface area contributed by atoms with E-state index in [0.717, 1.165) is 0 Å². The molecule has 0 aromatic heterocycles. The van der Waals surface area contributed by atoms with Gasteiger partial charge in [0, 0.05) is 13.1 Å². The molecule has 2 N–H and O–H groups in total. The molecule has 0 unspecified atom stereocenters. The van der Waals surface area contributed by atoms with E-state index in [1.165, 1.54) is 0 Å². The van der Waals surface area contributed by atoms with E-state index in [1.54, 1.807) is 4.90 Å². The Morgan fingerprint density at radius 2 is 1.79 bits per heavy atom. The number of carboxylic acid groups (broad SMARTS) is 1. The van der Waals surface area contributed by atoms with Crippen LogP contribution in [0.25, 0.3) is 0 Å². The number of rotatable bonds is 6. The van der Waals surface area contributed by atoms with Crippen molar-refractivity contribution >= 4 is 17.8 Å². The maximum absolute atomic E-state index is 11.7. The van der Waals surface area contributed by atoms with Crippen LogP contribution in [0.1, 0.15) is 26.7 Å². The summed E-state index contributed by atoms with van der Waals surface area (Å²) in [4.78, 5) is 35.7. The maximum Gasteiger partial charge on any atom is 0.332 e. The van der Waals surface area contributed by atoms with Crippen LogP contribution in [0.15, 0.2) is 0 Å². The summed E-state index contributed by atoms with van der Waals surface area (Å²) in [5.41, 5.74) is 0. The summed E-state index contributed by atoms with van der Waals surface area (Å²) in [5.74, 6) is -1.65. The van der Waals surface area contributed by atoms with Crippen molar-refractivity contribution in [3.8, 4) is 0 Å². The predicted molar refractivity (Wildman–Crippen MR) is 66.5 cm³/mol. The number of ether oxygens (including phenoxy) is 1. The van der Waals surface area contributed by atoms with Gasteiger partial charge in [0.1, 0.15) is 6.10 Å². The number of carbonyl (C=O) groups excluding carboxylic acids is 2. The Morgan fingerprint density at radius 1 is 1.21 bits per heavy atom. The van der Waals surface area contributed by atoms with Gasteiger partial charge in [-0.2, -0.15) is 0 Å². The number of amides is 2. The van der Waals surface area contributed by atoms with E-state index >= 15 is 0 Å². The molecule has 0 spiro atoms. The van der Waals surface area contributed by atoms with Crippen LogP contribution in [0.5, 0.6) is 0 Å². The first-order chi connectivity index (χ1) is 8.99. The van der Waals surface area contributed by atoms with Crippen molar-refractivity contribution in [2.75, 3.05) is 19.6 Å². The SMILES string of the molecule is CCN(CC)C(=O)CNC(=O)[C@@H]1CC[C@H](C(=O)O)O1. The molecule has 0 saturated carbocycles. The fraction of sp³-hybridized carbons (Fsp3) is 0.750. The second-order valence-electron chi connectivity index (χ2n) is 4.31. The smallest absolute Gasteiger partial charge is 0.332 e. The molecular formula is C12H20N2O5. The number of carboxylic acids is 1. The van der Waals surface area contributed by atoms with Crippen molar-refractivity contribution in [1.29, 1.82) is 0 Å². The zero-order valence-corrected chi connectivity index (χ0v) is 11.2. The lowest BCUT2D eigenvalue weighted by Crippen LogP contribution is -2.43. The highest BCUT2D eigenvalue weighted by molar-refractivity contribution is 5.87. The molecule has 0 aromatic carbocycles. The van der Waals surface area contributed by atoms with Crippen molar-refractivity contribution < 1.29 is 24.2 Å². The number of nitrogens with one attached hydrogen (secondary N) is 1. The average Bonchev–Trinajstić information content (AvgIpc) is 2.87. The van der Waals surface area contributed by atoms with Crippen LogP contribution in [0, 0.1) is 0 Å². The largest absolute Gasteiger partial charge is 0.479 e. The third-order valence-corrected chi connectivity index (χ3v) is 3.12. The Labute approximate surface area is 111 Å². The summed E-state index contributed by atoms with van der Waals surface area (Å²) in [5, 5.41) is 11.2. The van der Waals surface area contributed by atoms with Crippen molar-refractivity contribution in [3.63, 3.8) is 0 Å². The number of hydrogen-bond acceptors (Lipinski definition) is 4. The lowest BCUT2D eigenvalue weighted by Gasteiger charge is -2.19. The molecule has 2 amide bonds. The Morgan fingerprint density at radius 3 is 2.26 bits per heavy atom. The van der Waals surface area contributed by atoms with Crippen LogP contribution in [0.3, 0.4) is 0 Å². The Bertz CT molecular complexity index is 354. The summed E-state index contributed by atoms with van der Waals surface area (Å²) in [6, 6.07) is 0. The predicted octanol–water partition coefficient (Wildman–Crippen LogP) is -0.397. The monoisotopic (exact) mass is 272 g/mol. The van der Waals surface area contributed by atoms with E-state index in [0.29, 0.717) is 25.9 Å². The van der Waals surface area contributed by atoms with Crippen molar-refractivity contribution in [2.24, 2.45) is 0 Å². The lowest BCUT2D eigenvalue weighted by atomic mass is 10.2. The van der Waals surface area contributed by atoms with Crippen LogP contribution in [0.2, 0.25) is 0 Å². The lowest BCUT2D eigenvalue weighted by molar-refractivity contribution is -0.152. The molecule has 0 aliphatic carbocycles. The fourth-order valence-electron chi connectivity index (χ4n) is 1.98. The molecule has 1 aliphatic heterocycles. The molecule has 108 valence electrons. The summed E-state index contributed by atoms with van der Waals surface area (Å²) in [6.07, 6.45) is -1.01. The minimum absolute atomic E-state index is 0.0852. The van der Waals surface area contributed by atoms with E-state index in [9.17, 15) is 14.4 Å². The highest BCUT2D eigenvalue weighted by atomic mass is 16.5. The van der Waals surface area contributed by atoms with Gasteiger partial charge in [-0.15, -0.1) is 0 Å². The van der Waals surface area contributed by atoms with Gasteiger partial charge in [-0.05, 0) is 26.7 Å². The molecule has 19 heavy (non-hydrogen) atoms. The molecule has 0 bridgehead atoms. The molecule has 0 radical (unpaired) electrons. The van der Waals surface area contributed by atoms with E-state index in [2.05, 4.69) is 5.32 Å². The molecular weight excluding hydrogens is 252 g/mol. The molecule has 1 rings (SSSR count). The average molecular weight is 272 g/mol. The number of hydrogen-bond donors (Lipinski definition) is 2. The standard InChI is InChI=1S/C12H20N2O5/c1-3-14(4-2)10(15)7-13-11(16)8-5-6-9(19-8)12(17)18/h8-9H,3-7H2,1-2H3,(H,13,16)(H,17,18)/t8-,9+/m0/s1. The topological polar surface area (TPSA) is 95.9 Å². The van der Waals surface area contributed by atoms with Gasteiger partial charge in [-0.1, -0.05) is 0 Å². The van der Waals surface area contributed by atoms with E-state index in [-0.39, 0.29) is 12.5 Å². The normalized spacial score (nSPS) is 22.0. The first kappa shape index (κ1) is 15.4. The Kier molecular flexibility index (Phi) is 5.75. The summed E-state index contributed by atoms with van der Waals surface area (Å²) >= 11 is 0. The van der Waals surface area contributed by atoms with Gasteiger partial charge in [0.25, 0.3) is 0 Å². The quantitative estimate of drug-likeness (QED) is 0.686. The van der Waals surface area contributed by atoms with Crippen molar-refractivity contribution in [3.05, 3.63) is 0 Å². The molecule has 1 saturated heterocycles. The number of carbonyl (C=O) groups is 3. The second-order valence-corrected chi connectivity index (χ2v) is 4.31. The number of aliphatic carboxylic acids is 1. The third-order valence-electron chi connectivity index (χ3n) is 3.12. The molecule has 7 heteroatoms. The van der Waals surface area contributed by atoms with Gasteiger partial charge in [-0.3, -0.25) is 9.59 Å². The zero-order chi connectivity index (χ0) is 14.4.